The molecule has 0 amide bonds. The van der Waals surface area contributed by atoms with E-state index < -0.39 is 0 Å². The van der Waals surface area contributed by atoms with Gasteiger partial charge in [0.2, 0.25) is 5.13 Å². The van der Waals surface area contributed by atoms with Crippen LogP contribution in [0.3, 0.4) is 0 Å². The topological polar surface area (TPSA) is 37.3 Å². The van der Waals surface area contributed by atoms with Gasteiger partial charge in [0.15, 0.2) is 0 Å². The van der Waals surface area contributed by atoms with Crippen LogP contribution in [0, 0.1) is 5.82 Å². The van der Waals surface area contributed by atoms with Crippen LogP contribution in [0.1, 0.15) is 5.56 Å². The first kappa shape index (κ1) is 14.7. The lowest BCUT2D eigenvalue weighted by molar-refractivity contribution is 0.626. The molecular formula is C16H11ClFN3S. The van der Waals surface area contributed by atoms with Crippen molar-refractivity contribution in [1.82, 2.24) is 4.98 Å². The number of hydrogen-bond acceptors (Lipinski definition) is 4. The van der Waals surface area contributed by atoms with E-state index in [1.54, 1.807) is 18.2 Å². The summed E-state index contributed by atoms with van der Waals surface area (Å²) in [6.45, 7) is 0. The minimum atomic E-state index is -0.311. The van der Waals surface area contributed by atoms with Crippen molar-refractivity contribution in [2.75, 3.05) is 5.43 Å². The molecule has 0 aliphatic carbocycles. The predicted molar refractivity (Wildman–Crippen MR) is 90.2 cm³/mol. The third-order valence-electron chi connectivity index (χ3n) is 2.91. The van der Waals surface area contributed by atoms with E-state index in [0.717, 1.165) is 11.3 Å². The van der Waals surface area contributed by atoms with Crippen LogP contribution in [0.2, 0.25) is 5.02 Å². The summed E-state index contributed by atoms with van der Waals surface area (Å²) in [6, 6.07) is 13.9. The molecule has 1 heterocycles. The highest BCUT2D eigenvalue weighted by atomic mass is 35.5. The molecule has 3 nitrogen and oxygen atoms in total. The third-order valence-corrected chi connectivity index (χ3v) is 3.91. The second-order valence-corrected chi connectivity index (χ2v) is 5.73. The van der Waals surface area contributed by atoms with Gasteiger partial charge in [-0.25, -0.2) is 9.37 Å². The number of hydrogen-bond donors (Lipinski definition) is 1. The number of aromatic nitrogens is 1. The summed E-state index contributed by atoms with van der Waals surface area (Å²) in [6.07, 6.45) is 1.43. The average molecular weight is 332 g/mol. The zero-order valence-electron chi connectivity index (χ0n) is 11.3. The number of hydrazone groups is 1. The van der Waals surface area contributed by atoms with E-state index in [-0.39, 0.29) is 5.82 Å². The summed E-state index contributed by atoms with van der Waals surface area (Å²) in [5, 5.41) is 7.25. The van der Waals surface area contributed by atoms with Crippen molar-refractivity contribution >= 4 is 34.3 Å². The minimum absolute atomic E-state index is 0.311. The Morgan fingerprint density at radius 3 is 2.68 bits per heavy atom. The molecule has 0 atom stereocenters. The van der Waals surface area contributed by atoms with Gasteiger partial charge in [-0.1, -0.05) is 41.9 Å². The van der Waals surface area contributed by atoms with E-state index in [1.165, 1.54) is 23.6 Å². The van der Waals surface area contributed by atoms with E-state index in [1.807, 2.05) is 29.6 Å². The number of thiazole rings is 1. The Morgan fingerprint density at radius 2 is 1.91 bits per heavy atom. The van der Waals surface area contributed by atoms with E-state index in [0.29, 0.717) is 15.7 Å². The van der Waals surface area contributed by atoms with Gasteiger partial charge in [-0.2, -0.15) is 5.10 Å². The van der Waals surface area contributed by atoms with Crippen LogP contribution in [-0.4, -0.2) is 11.2 Å². The molecule has 0 radical (unpaired) electrons. The van der Waals surface area contributed by atoms with Crippen LogP contribution in [0.25, 0.3) is 11.3 Å². The third kappa shape index (κ3) is 3.50. The number of halogens is 2. The number of nitrogens with zero attached hydrogens (tertiary/aromatic N) is 2. The van der Waals surface area contributed by atoms with E-state index in [9.17, 15) is 4.39 Å². The van der Waals surface area contributed by atoms with Crippen molar-refractivity contribution < 1.29 is 4.39 Å². The summed E-state index contributed by atoms with van der Waals surface area (Å²) >= 11 is 7.29. The number of nitrogens with one attached hydrogen (secondary N) is 1. The van der Waals surface area contributed by atoms with Gasteiger partial charge in [0.25, 0.3) is 0 Å². The summed E-state index contributed by atoms with van der Waals surface area (Å²) in [4.78, 5) is 4.42. The Kier molecular flexibility index (Phi) is 4.46. The van der Waals surface area contributed by atoms with E-state index in [4.69, 9.17) is 11.6 Å². The molecule has 0 bridgehead atoms. The van der Waals surface area contributed by atoms with Gasteiger partial charge in [-0.15, -0.1) is 11.3 Å². The first-order valence-corrected chi connectivity index (χ1v) is 7.73. The Morgan fingerprint density at radius 1 is 1.14 bits per heavy atom. The quantitative estimate of drug-likeness (QED) is 0.536. The molecular weight excluding hydrogens is 321 g/mol. The first-order valence-electron chi connectivity index (χ1n) is 6.47. The van der Waals surface area contributed by atoms with Gasteiger partial charge >= 0.3 is 0 Å². The Balaban J connectivity index is 1.70. The van der Waals surface area contributed by atoms with Crippen LogP contribution < -0.4 is 5.43 Å². The standard InChI is InChI=1S/C16H11ClFN3S/c17-13-7-5-11(6-8-13)15-10-22-16(20-15)21-19-9-12-3-1-2-4-14(12)18/h1-10H,(H,20,21). The fourth-order valence-corrected chi connectivity index (χ4v) is 2.61. The monoisotopic (exact) mass is 331 g/mol. The lowest BCUT2D eigenvalue weighted by Gasteiger charge is -1.97. The summed E-state index contributed by atoms with van der Waals surface area (Å²) in [5.41, 5.74) is 5.04. The van der Waals surface area contributed by atoms with Crippen LogP contribution in [0.15, 0.2) is 59.0 Å². The molecule has 0 spiro atoms. The van der Waals surface area contributed by atoms with Crippen molar-refractivity contribution in [2.45, 2.75) is 0 Å². The van der Waals surface area contributed by atoms with Gasteiger partial charge in [-0.3, -0.25) is 5.43 Å². The second-order valence-electron chi connectivity index (χ2n) is 4.44. The highest BCUT2D eigenvalue weighted by molar-refractivity contribution is 7.14. The Hall–Kier alpha value is -2.24. The van der Waals surface area contributed by atoms with Crippen molar-refractivity contribution in [3.05, 3.63) is 70.3 Å². The molecule has 6 heteroatoms. The molecule has 110 valence electrons. The smallest absolute Gasteiger partial charge is 0.203 e. The fourth-order valence-electron chi connectivity index (χ4n) is 1.82. The average Bonchev–Trinajstić information content (AvgIpc) is 2.99. The molecule has 0 unspecified atom stereocenters. The van der Waals surface area contributed by atoms with Gasteiger partial charge < -0.3 is 0 Å². The highest BCUT2D eigenvalue weighted by Crippen LogP contribution is 2.25. The maximum Gasteiger partial charge on any atom is 0.203 e. The molecule has 0 aliphatic rings. The number of anilines is 1. The first-order chi connectivity index (χ1) is 10.7. The van der Waals surface area contributed by atoms with Gasteiger partial charge in [-0.05, 0) is 18.2 Å². The number of rotatable bonds is 4. The van der Waals surface area contributed by atoms with Gasteiger partial charge in [0, 0.05) is 21.5 Å². The van der Waals surface area contributed by atoms with Gasteiger partial charge in [0.1, 0.15) is 5.82 Å². The summed E-state index contributed by atoms with van der Waals surface area (Å²) < 4.78 is 13.4. The number of benzene rings is 2. The molecule has 3 rings (SSSR count). The van der Waals surface area contributed by atoms with Crippen molar-refractivity contribution in [2.24, 2.45) is 5.10 Å². The predicted octanol–water partition coefficient (Wildman–Crippen LogP) is 5.05. The zero-order valence-corrected chi connectivity index (χ0v) is 12.9. The summed E-state index contributed by atoms with van der Waals surface area (Å²) in [5.74, 6) is -0.311. The molecule has 0 saturated heterocycles. The Bertz CT molecular complexity index is 799. The normalized spacial score (nSPS) is 11.0. The van der Waals surface area contributed by atoms with Crippen LogP contribution in [0.4, 0.5) is 9.52 Å². The largest absolute Gasteiger partial charge is 0.253 e. The lowest BCUT2D eigenvalue weighted by atomic mass is 10.2. The zero-order chi connectivity index (χ0) is 15.4. The van der Waals surface area contributed by atoms with Crippen LogP contribution in [0.5, 0.6) is 0 Å². The van der Waals surface area contributed by atoms with Crippen molar-refractivity contribution in [3.8, 4) is 11.3 Å². The van der Waals surface area contributed by atoms with E-state index >= 15 is 0 Å². The maximum absolute atomic E-state index is 13.4. The maximum atomic E-state index is 13.4. The molecule has 2 aromatic carbocycles. The molecule has 1 aromatic heterocycles. The summed E-state index contributed by atoms with van der Waals surface area (Å²) in [7, 11) is 0. The fraction of sp³-hybridized carbons (Fsp3) is 0. The molecule has 1 N–H and O–H groups in total. The molecule has 0 aliphatic heterocycles. The SMILES string of the molecule is Fc1ccccc1C=NNc1nc(-c2ccc(Cl)cc2)cs1. The molecule has 0 fully saturated rings. The second kappa shape index (κ2) is 6.68. The lowest BCUT2D eigenvalue weighted by Crippen LogP contribution is -1.92. The molecule has 0 saturated carbocycles. The highest BCUT2D eigenvalue weighted by Gasteiger charge is 2.04. The van der Waals surface area contributed by atoms with Gasteiger partial charge in [0.05, 0.1) is 11.9 Å². The minimum Gasteiger partial charge on any atom is -0.253 e. The molecule has 22 heavy (non-hydrogen) atoms. The van der Waals surface area contributed by atoms with E-state index in [2.05, 4.69) is 15.5 Å². The van der Waals surface area contributed by atoms with Crippen molar-refractivity contribution in [1.29, 1.82) is 0 Å². The van der Waals surface area contributed by atoms with Crippen LogP contribution >= 0.6 is 22.9 Å². The van der Waals surface area contributed by atoms with Crippen molar-refractivity contribution in [3.63, 3.8) is 0 Å². The molecule has 3 aromatic rings. The van der Waals surface area contributed by atoms with Crippen LogP contribution in [-0.2, 0) is 0 Å². The Labute approximate surface area is 136 Å².